The second-order valence-electron chi connectivity index (χ2n) is 7.11. The third-order valence-corrected chi connectivity index (χ3v) is 5.21. The molecule has 0 bridgehead atoms. The van der Waals surface area contributed by atoms with Crippen LogP contribution in [-0.2, 0) is 11.8 Å². The van der Waals surface area contributed by atoms with Crippen LogP contribution in [0.2, 0.25) is 0 Å². The highest BCUT2D eigenvalue weighted by Gasteiger charge is 2.31. The van der Waals surface area contributed by atoms with Crippen molar-refractivity contribution in [1.29, 1.82) is 0 Å². The van der Waals surface area contributed by atoms with E-state index in [2.05, 4.69) is 20.1 Å². The summed E-state index contributed by atoms with van der Waals surface area (Å²) in [5.74, 6) is 0.706. The minimum Gasteiger partial charge on any atom is -0.387 e. The van der Waals surface area contributed by atoms with Crippen LogP contribution >= 0.6 is 0 Å². The second-order valence-corrected chi connectivity index (χ2v) is 7.11. The van der Waals surface area contributed by atoms with Crippen molar-refractivity contribution in [2.45, 2.75) is 12.0 Å². The number of nitrogens with zero attached hydrogens (tertiary/aromatic N) is 3. The summed E-state index contributed by atoms with van der Waals surface area (Å²) >= 11 is 0. The van der Waals surface area contributed by atoms with Crippen molar-refractivity contribution >= 4 is 22.9 Å². The molecule has 1 atom stereocenters. The monoisotopic (exact) mass is 359 g/mol. The summed E-state index contributed by atoms with van der Waals surface area (Å²) in [6, 6.07) is 5.54. The number of benzene rings is 1. The molecule has 3 N–H and O–H groups in total. The SMILES string of the molecule is Cn1c(N2CCOCC2)nc2cc(C(=O)NCC3(O)CCNC3)ccc21. The average molecular weight is 359 g/mol. The first-order valence-corrected chi connectivity index (χ1v) is 9.06. The maximum absolute atomic E-state index is 12.5. The molecule has 0 aliphatic carbocycles. The van der Waals surface area contributed by atoms with E-state index < -0.39 is 5.60 Å². The average Bonchev–Trinajstić information content (AvgIpc) is 3.24. The zero-order chi connectivity index (χ0) is 18.1. The molecule has 1 amide bonds. The van der Waals surface area contributed by atoms with E-state index in [1.165, 1.54) is 0 Å². The van der Waals surface area contributed by atoms with E-state index in [-0.39, 0.29) is 12.5 Å². The summed E-state index contributed by atoms with van der Waals surface area (Å²) in [4.78, 5) is 19.4. The molecule has 2 fully saturated rings. The lowest BCUT2D eigenvalue weighted by Crippen LogP contribution is -2.44. The molecular weight excluding hydrogens is 334 g/mol. The molecule has 1 aromatic carbocycles. The van der Waals surface area contributed by atoms with Gasteiger partial charge in [-0.15, -0.1) is 0 Å². The van der Waals surface area contributed by atoms with E-state index in [0.717, 1.165) is 36.6 Å². The Labute approximate surface area is 152 Å². The Balaban J connectivity index is 1.52. The van der Waals surface area contributed by atoms with Crippen LogP contribution in [0, 0.1) is 0 Å². The number of β-amino-alcohol motifs (C(OH)–C–C–N with tert-alkyl or cyclic N) is 1. The molecule has 1 unspecified atom stereocenters. The Morgan fingerprint density at radius 3 is 2.96 bits per heavy atom. The maximum Gasteiger partial charge on any atom is 0.251 e. The number of hydrogen-bond donors (Lipinski definition) is 3. The van der Waals surface area contributed by atoms with Gasteiger partial charge in [0.2, 0.25) is 5.95 Å². The number of amides is 1. The van der Waals surface area contributed by atoms with Gasteiger partial charge in [0, 0.05) is 38.8 Å². The number of anilines is 1. The maximum atomic E-state index is 12.5. The summed E-state index contributed by atoms with van der Waals surface area (Å²) in [5, 5.41) is 16.3. The van der Waals surface area contributed by atoms with Gasteiger partial charge in [-0.2, -0.15) is 0 Å². The molecule has 1 aromatic heterocycles. The summed E-state index contributed by atoms with van der Waals surface area (Å²) < 4.78 is 7.46. The van der Waals surface area contributed by atoms with Gasteiger partial charge >= 0.3 is 0 Å². The van der Waals surface area contributed by atoms with E-state index in [1.807, 2.05) is 19.2 Å². The lowest BCUT2D eigenvalue weighted by Gasteiger charge is -2.27. The number of nitrogens with one attached hydrogen (secondary N) is 2. The van der Waals surface area contributed by atoms with E-state index >= 15 is 0 Å². The molecule has 2 aromatic rings. The minimum atomic E-state index is -0.853. The van der Waals surface area contributed by atoms with E-state index in [1.54, 1.807) is 6.07 Å². The molecule has 8 nitrogen and oxygen atoms in total. The van der Waals surface area contributed by atoms with Crippen molar-refractivity contribution in [2.24, 2.45) is 7.05 Å². The number of carbonyl (C=O) groups is 1. The van der Waals surface area contributed by atoms with Crippen LogP contribution < -0.4 is 15.5 Å². The fourth-order valence-electron chi connectivity index (χ4n) is 3.60. The molecule has 26 heavy (non-hydrogen) atoms. The first kappa shape index (κ1) is 17.3. The van der Waals surface area contributed by atoms with Crippen LogP contribution in [-0.4, -0.2) is 72.1 Å². The van der Waals surface area contributed by atoms with Crippen LogP contribution in [0.3, 0.4) is 0 Å². The van der Waals surface area contributed by atoms with Crippen LogP contribution in [0.15, 0.2) is 18.2 Å². The number of rotatable bonds is 4. The lowest BCUT2D eigenvalue weighted by atomic mass is 10.0. The molecule has 4 rings (SSSR count). The summed E-state index contributed by atoms with van der Waals surface area (Å²) in [6.07, 6.45) is 0.648. The summed E-state index contributed by atoms with van der Waals surface area (Å²) in [7, 11) is 1.99. The first-order valence-electron chi connectivity index (χ1n) is 9.06. The van der Waals surface area contributed by atoms with E-state index in [4.69, 9.17) is 9.72 Å². The zero-order valence-electron chi connectivity index (χ0n) is 15.0. The highest BCUT2D eigenvalue weighted by Crippen LogP contribution is 2.23. The molecule has 0 saturated carbocycles. The molecule has 3 heterocycles. The Bertz CT molecular complexity index is 807. The molecular formula is C18H25N5O3. The van der Waals surface area contributed by atoms with E-state index in [9.17, 15) is 9.90 Å². The van der Waals surface area contributed by atoms with Crippen molar-refractivity contribution in [3.8, 4) is 0 Å². The van der Waals surface area contributed by atoms with Crippen LogP contribution in [0.1, 0.15) is 16.8 Å². The number of ether oxygens (including phenoxy) is 1. The highest BCUT2D eigenvalue weighted by molar-refractivity contribution is 5.97. The predicted octanol–water partition coefficient (Wildman–Crippen LogP) is -0.136. The van der Waals surface area contributed by atoms with Gasteiger partial charge < -0.3 is 29.9 Å². The van der Waals surface area contributed by atoms with Crippen LogP contribution in [0.25, 0.3) is 11.0 Å². The Hall–Kier alpha value is -2.16. The van der Waals surface area contributed by atoms with Crippen molar-refractivity contribution in [1.82, 2.24) is 20.2 Å². The van der Waals surface area contributed by atoms with Gasteiger partial charge in [0.05, 0.1) is 29.8 Å². The number of morpholine rings is 1. The Morgan fingerprint density at radius 2 is 2.23 bits per heavy atom. The quantitative estimate of drug-likeness (QED) is 0.704. The van der Waals surface area contributed by atoms with Crippen molar-refractivity contribution in [2.75, 3.05) is 50.8 Å². The fourth-order valence-corrected chi connectivity index (χ4v) is 3.60. The summed E-state index contributed by atoms with van der Waals surface area (Å²) in [5.41, 5.74) is 1.48. The van der Waals surface area contributed by atoms with Gasteiger partial charge in [-0.1, -0.05) is 0 Å². The first-order chi connectivity index (χ1) is 12.6. The number of hydrogen-bond acceptors (Lipinski definition) is 6. The topological polar surface area (TPSA) is 91.7 Å². The lowest BCUT2D eigenvalue weighted by molar-refractivity contribution is 0.0562. The molecule has 0 spiro atoms. The second kappa shape index (κ2) is 6.86. The number of imidazole rings is 1. The molecule has 2 aliphatic heterocycles. The number of aliphatic hydroxyl groups is 1. The number of carbonyl (C=O) groups excluding carboxylic acids is 1. The van der Waals surface area contributed by atoms with Crippen molar-refractivity contribution < 1.29 is 14.6 Å². The largest absolute Gasteiger partial charge is 0.387 e. The minimum absolute atomic E-state index is 0.189. The van der Waals surface area contributed by atoms with Crippen molar-refractivity contribution in [3.05, 3.63) is 23.8 Å². The van der Waals surface area contributed by atoms with Gasteiger partial charge in [0.1, 0.15) is 0 Å². The normalized spacial score (nSPS) is 23.5. The molecule has 0 radical (unpaired) electrons. The number of aryl methyl sites for hydroxylation is 1. The predicted molar refractivity (Wildman–Crippen MR) is 98.5 cm³/mol. The zero-order valence-corrected chi connectivity index (χ0v) is 15.0. The van der Waals surface area contributed by atoms with Gasteiger partial charge in [0.15, 0.2) is 0 Å². The van der Waals surface area contributed by atoms with Gasteiger partial charge in [-0.25, -0.2) is 4.98 Å². The molecule has 140 valence electrons. The Morgan fingerprint density at radius 1 is 1.42 bits per heavy atom. The number of aromatic nitrogens is 2. The third kappa shape index (κ3) is 3.27. The van der Waals surface area contributed by atoms with Crippen molar-refractivity contribution in [3.63, 3.8) is 0 Å². The summed E-state index contributed by atoms with van der Waals surface area (Å²) in [6.45, 7) is 4.57. The Kier molecular flexibility index (Phi) is 4.56. The molecule has 2 saturated heterocycles. The standard InChI is InChI=1S/C18H25N5O3/c1-22-15-3-2-13(16(24)20-12-18(25)4-5-19-11-18)10-14(15)21-17(22)23-6-8-26-9-7-23/h2-3,10,19,25H,4-9,11-12H2,1H3,(H,20,24). The van der Waals surface area contributed by atoms with Crippen LogP contribution in [0.4, 0.5) is 5.95 Å². The van der Waals surface area contributed by atoms with E-state index in [0.29, 0.717) is 31.7 Å². The number of fused-ring (bicyclic) bond motifs is 1. The van der Waals surface area contributed by atoms with Crippen LogP contribution in [0.5, 0.6) is 0 Å². The third-order valence-electron chi connectivity index (χ3n) is 5.21. The smallest absolute Gasteiger partial charge is 0.251 e. The molecule has 2 aliphatic rings. The van der Waals surface area contributed by atoms with Gasteiger partial charge in [-0.05, 0) is 31.2 Å². The van der Waals surface area contributed by atoms with Gasteiger partial charge in [0.25, 0.3) is 5.91 Å². The molecule has 8 heteroatoms. The van der Waals surface area contributed by atoms with Gasteiger partial charge in [-0.3, -0.25) is 4.79 Å². The fraction of sp³-hybridized carbons (Fsp3) is 0.556. The highest BCUT2D eigenvalue weighted by atomic mass is 16.5.